The molecular formula is C27H22N2O4S. The second-order valence-electron chi connectivity index (χ2n) is 8.88. The van der Waals surface area contributed by atoms with Crippen LogP contribution in [0, 0.1) is 5.92 Å². The van der Waals surface area contributed by atoms with Gasteiger partial charge in [0.05, 0.1) is 30.0 Å². The van der Waals surface area contributed by atoms with Gasteiger partial charge in [-0.25, -0.2) is 0 Å². The van der Waals surface area contributed by atoms with Crippen molar-refractivity contribution in [2.45, 2.75) is 24.4 Å². The van der Waals surface area contributed by atoms with Gasteiger partial charge in [0.2, 0.25) is 5.91 Å². The molecule has 7 heteroatoms. The molecule has 3 aliphatic heterocycles. The quantitative estimate of drug-likeness (QED) is 0.575. The number of ketones is 2. The Kier molecular flexibility index (Phi) is 4.54. The van der Waals surface area contributed by atoms with Crippen LogP contribution in [0.5, 0.6) is 5.75 Å². The van der Waals surface area contributed by atoms with Crippen LogP contribution in [-0.4, -0.2) is 36.7 Å². The van der Waals surface area contributed by atoms with E-state index in [0.717, 1.165) is 16.8 Å². The molecule has 1 unspecified atom stereocenters. The van der Waals surface area contributed by atoms with Crippen molar-refractivity contribution in [2.24, 2.45) is 5.92 Å². The smallest absolute Gasteiger partial charge is 0.238 e. The lowest BCUT2D eigenvalue weighted by Gasteiger charge is -2.37. The molecular weight excluding hydrogens is 448 g/mol. The van der Waals surface area contributed by atoms with E-state index in [1.165, 1.54) is 18.3 Å². The lowest BCUT2D eigenvalue weighted by molar-refractivity contribution is -0.122. The standard InChI is InChI=1S/C27H22N2O4S/c1-15(30)24-23(25(31)21-8-5-13-34-21)27(18-6-3-4-7-19(18)28-26(27)32)22-12-9-16-14-17(33-2)10-11-20(16)29(22)24/h3-14,22-24H,1-2H3,(H,28,32)/t22?,23-,24-,27+/m0/s1. The number of nitrogens with one attached hydrogen (secondary N) is 1. The molecule has 1 saturated heterocycles. The van der Waals surface area contributed by atoms with E-state index in [0.29, 0.717) is 16.3 Å². The van der Waals surface area contributed by atoms with Crippen molar-refractivity contribution in [3.05, 3.63) is 82.1 Å². The second kappa shape index (κ2) is 7.40. The van der Waals surface area contributed by atoms with Crippen LogP contribution in [0.1, 0.15) is 27.7 Å². The summed E-state index contributed by atoms with van der Waals surface area (Å²) in [7, 11) is 1.61. The Morgan fingerprint density at radius 3 is 2.68 bits per heavy atom. The zero-order chi connectivity index (χ0) is 23.6. The number of rotatable bonds is 4. The molecule has 1 N–H and O–H groups in total. The first-order chi connectivity index (χ1) is 16.5. The molecule has 1 fully saturated rings. The Morgan fingerprint density at radius 1 is 1.12 bits per heavy atom. The number of hydrogen-bond acceptors (Lipinski definition) is 6. The molecule has 1 aromatic heterocycles. The van der Waals surface area contributed by atoms with Gasteiger partial charge in [0.15, 0.2) is 11.6 Å². The van der Waals surface area contributed by atoms with E-state index in [9.17, 15) is 14.4 Å². The van der Waals surface area contributed by atoms with Crippen molar-refractivity contribution in [2.75, 3.05) is 17.3 Å². The van der Waals surface area contributed by atoms with E-state index in [2.05, 4.69) is 5.32 Å². The molecule has 0 bridgehead atoms. The number of fused-ring (bicyclic) bond motifs is 6. The monoisotopic (exact) mass is 470 g/mol. The molecule has 4 heterocycles. The van der Waals surface area contributed by atoms with E-state index in [1.54, 1.807) is 13.2 Å². The second-order valence-corrected chi connectivity index (χ2v) is 9.83. The third-order valence-corrected chi connectivity index (χ3v) is 8.19. The Balaban J connectivity index is 1.65. The lowest BCUT2D eigenvalue weighted by atomic mass is 9.65. The SMILES string of the molecule is COc1ccc2c(c1)C=CC1N2[C@@H](C(C)=O)[C@@H](C(=O)c2cccs2)[C@]12C(=O)Nc1ccccc12. The molecule has 1 spiro atoms. The Labute approximate surface area is 200 Å². The molecule has 3 aliphatic rings. The summed E-state index contributed by atoms with van der Waals surface area (Å²) in [5, 5.41) is 4.86. The fraction of sp³-hybridized carbons (Fsp3) is 0.222. The van der Waals surface area contributed by atoms with Gasteiger partial charge in [-0.15, -0.1) is 11.3 Å². The van der Waals surface area contributed by atoms with Crippen LogP contribution in [0.4, 0.5) is 11.4 Å². The highest BCUT2D eigenvalue weighted by Gasteiger charge is 2.69. The van der Waals surface area contributed by atoms with Gasteiger partial charge in [-0.3, -0.25) is 14.4 Å². The molecule has 1 amide bonds. The Hall–Kier alpha value is -3.71. The van der Waals surface area contributed by atoms with E-state index in [-0.39, 0.29) is 17.5 Å². The van der Waals surface area contributed by atoms with Crippen molar-refractivity contribution in [3.63, 3.8) is 0 Å². The minimum atomic E-state index is -1.23. The maximum atomic E-state index is 14.1. The van der Waals surface area contributed by atoms with Crippen molar-refractivity contribution in [1.29, 1.82) is 0 Å². The molecule has 170 valence electrons. The number of benzene rings is 2. The number of nitrogens with zero attached hydrogens (tertiary/aromatic N) is 1. The van der Waals surface area contributed by atoms with Gasteiger partial charge in [-0.2, -0.15) is 0 Å². The topological polar surface area (TPSA) is 75.7 Å². The number of ether oxygens (including phenoxy) is 1. The summed E-state index contributed by atoms with van der Waals surface area (Å²) in [5.74, 6) is -0.754. The molecule has 6 nitrogen and oxygen atoms in total. The van der Waals surface area contributed by atoms with E-state index < -0.39 is 23.4 Å². The number of methoxy groups -OCH3 is 1. The number of carbonyl (C=O) groups excluding carboxylic acids is 3. The van der Waals surface area contributed by atoms with Gasteiger partial charge < -0.3 is 15.0 Å². The third kappa shape index (κ3) is 2.58. The van der Waals surface area contributed by atoms with Crippen molar-refractivity contribution >= 4 is 46.3 Å². The maximum absolute atomic E-state index is 14.1. The predicted octanol–water partition coefficient (Wildman–Crippen LogP) is 4.32. The molecule has 3 aromatic rings. The normalized spacial score (nSPS) is 26.1. The van der Waals surface area contributed by atoms with Crippen LogP contribution in [-0.2, 0) is 15.0 Å². The zero-order valence-corrected chi connectivity index (χ0v) is 19.5. The first-order valence-electron chi connectivity index (χ1n) is 11.1. The van der Waals surface area contributed by atoms with Crippen LogP contribution >= 0.6 is 11.3 Å². The van der Waals surface area contributed by atoms with Crippen molar-refractivity contribution in [1.82, 2.24) is 0 Å². The summed E-state index contributed by atoms with van der Waals surface area (Å²) in [5.41, 5.74) is 1.91. The van der Waals surface area contributed by atoms with Crippen LogP contribution in [0.3, 0.4) is 0 Å². The number of carbonyl (C=O) groups is 3. The van der Waals surface area contributed by atoms with Gasteiger partial charge in [0.1, 0.15) is 11.2 Å². The fourth-order valence-corrected chi connectivity index (χ4v) is 6.71. The average Bonchev–Trinajstić information content (AvgIpc) is 3.55. The molecule has 2 aromatic carbocycles. The van der Waals surface area contributed by atoms with Crippen LogP contribution < -0.4 is 15.0 Å². The summed E-state index contributed by atoms with van der Waals surface area (Å²) in [6, 6.07) is 15.4. The van der Waals surface area contributed by atoms with E-state index in [4.69, 9.17) is 4.74 Å². The summed E-state index contributed by atoms with van der Waals surface area (Å²) < 4.78 is 5.39. The van der Waals surface area contributed by atoms with E-state index >= 15 is 0 Å². The van der Waals surface area contributed by atoms with Gasteiger partial charge >= 0.3 is 0 Å². The highest BCUT2D eigenvalue weighted by atomic mass is 32.1. The number of Topliss-reactive ketones (excluding diaryl/α,β-unsaturated/α-hetero) is 2. The minimum absolute atomic E-state index is 0.147. The number of hydrogen-bond donors (Lipinski definition) is 1. The van der Waals surface area contributed by atoms with Gasteiger partial charge in [-0.05, 0) is 48.2 Å². The molecule has 0 radical (unpaired) electrons. The molecule has 0 saturated carbocycles. The Morgan fingerprint density at radius 2 is 1.94 bits per heavy atom. The average molecular weight is 471 g/mol. The van der Waals surface area contributed by atoms with Gasteiger partial charge in [0, 0.05) is 16.9 Å². The maximum Gasteiger partial charge on any atom is 0.238 e. The summed E-state index contributed by atoms with van der Waals surface area (Å²) in [6.07, 6.45) is 3.92. The molecule has 4 atom stereocenters. The van der Waals surface area contributed by atoms with Gasteiger partial charge in [0.25, 0.3) is 0 Å². The minimum Gasteiger partial charge on any atom is -0.497 e. The molecule has 0 aliphatic carbocycles. The van der Waals surface area contributed by atoms with Crippen molar-refractivity contribution in [3.8, 4) is 5.75 Å². The Bertz CT molecular complexity index is 1380. The van der Waals surface area contributed by atoms with Crippen LogP contribution in [0.15, 0.2) is 66.1 Å². The third-order valence-electron chi connectivity index (χ3n) is 7.30. The predicted molar refractivity (Wildman–Crippen MR) is 132 cm³/mol. The molecule has 6 rings (SSSR count). The molecule has 34 heavy (non-hydrogen) atoms. The first-order valence-corrected chi connectivity index (χ1v) is 12.0. The largest absolute Gasteiger partial charge is 0.497 e. The summed E-state index contributed by atoms with van der Waals surface area (Å²) >= 11 is 1.33. The zero-order valence-electron chi connectivity index (χ0n) is 18.6. The number of anilines is 2. The number of amides is 1. The fourth-order valence-electron chi connectivity index (χ4n) is 6.01. The number of para-hydroxylation sites is 1. The van der Waals surface area contributed by atoms with Crippen LogP contribution in [0.2, 0.25) is 0 Å². The van der Waals surface area contributed by atoms with Crippen molar-refractivity contribution < 1.29 is 19.1 Å². The number of thiophene rings is 1. The highest BCUT2D eigenvalue weighted by Crippen LogP contribution is 2.58. The summed E-state index contributed by atoms with van der Waals surface area (Å²) in [6.45, 7) is 1.51. The lowest BCUT2D eigenvalue weighted by Crippen LogP contribution is -2.51. The first kappa shape index (κ1) is 20.9. The van der Waals surface area contributed by atoms with Crippen LogP contribution in [0.25, 0.3) is 6.08 Å². The summed E-state index contributed by atoms with van der Waals surface area (Å²) in [4.78, 5) is 43.9. The highest BCUT2D eigenvalue weighted by molar-refractivity contribution is 7.12. The van der Waals surface area contributed by atoms with E-state index in [1.807, 2.05) is 71.0 Å². The van der Waals surface area contributed by atoms with Gasteiger partial charge in [-0.1, -0.05) is 36.4 Å².